The third-order valence-electron chi connectivity index (χ3n) is 2.68. The highest BCUT2D eigenvalue weighted by molar-refractivity contribution is 5.98. The Hall–Kier alpha value is -0.343. The summed E-state index contributed by atoms with van der Waals surface area (Å²) in [6, 6.07) is 0. The Morgan fingerprint density at radius 2 is 2.00 bits per heavy atom. The van der Waals surface area contributed by atoms with Gasteiger partial charge in [0.15, 0.2) is 0 Å². The Morgan fingerprint density at radius 1 is 1.50 bits per heavy atom. The summed E-state index contributed by atoms with van der Waals surface area (Å²) in [7, 11) is 0.782. The van der Waals surface area contributed by atoms with Crippen LogP contribution in [0.15, 0.2) is 25.3 Å². The lowest BCUT2D eigenvalue weighted by atomic mass is 9.76. The lowest BCUT2D eigenvalue weighted by Crippen LogP contribution is -2.29. The van der Waals surface area contributed by atoms with E-state index in [0.717, 1.165) is 23.5 Å². The van der Waals surface area contributed by atoms with E-state index in [2.05, 4.69) is 27.0 Å². The molecule has 0 spiro atoms. The zero-order valence-corrected chi connectivity index (χ0v) is 10.5. The van der Waals surface area contributed by atoms with Crippen molar-refractivity contribution in [1.82, 2.24) is 0 Å². The Kier molecular flexibility index (Phi) is 5.18. The molecule has 0 saturated carbocycles. The maximum atomic E-state index is 5.31. The third kappa shape index (κ3) is 2.32. The van der Waals surface area contributed by atoms with Crippen LogP contribution >= 0.6 is 0 Å². The van der Waals surface area contributed by atoms with Crippen LogP contribution in [-0.2, 0) is 4.43 Å². The van der Waals surface area contributed by atoms with Gasteiger partial charge in [-0.2, -0.15) is 0 Å². The molecule has 0 aromatic carbocycles. The SMILES string of the molecule is C=CC(C=C)(CO[SiH3])C(C)CC. The lowest BCUT2D eigenvalue weighted by molar-refractivity contribution is 0.185. The van der Waals surface area contributed by atoms with Crippen LogP contribution in [0.4, 0.5) is 0 Å². The molecular formula is C10H20OSi. The van der Waals surface area contributed by atoms with Crippen molar-refractivity contribution in [3.8, 4) is 0 Å². The summed E-state index contributed by atoms with van der Waals surface area (Å²) in [5.41, 5.74) is -0.0174. The second kappa shape index (κ2) is 5.33. The van der Waals surface area contributed by atoms with Gasteiger partial charge in [-0.05, 0) is 5.92 Å². The Balaban J connectivity index is 4.55. The molecule has 0 rings (SSSR count). The highest BCUT2D eigenvalue weighted by Crippen LogP contribution is 2.32. The first-order chi connectivity index (χ1) is 5.66. The summed E-state index contributed by atoms with van der Waals surface area (Å²) >= 11 is 0. The first-order valence-corrected chi connectivity index (χ1v) is 5.24. The number of hydrogen-bond acceptors (Lipinski definition) is 1. The molecule has 0 aliphatic heterocycles. The van der Waals surface area contributed by atoms with E-state index in [1.54, 1.807) is 0 Å². The van der Waals surface area contributed by atoms with Crippen LogP contribution in [0.5, 0.6) is 0 Å². The van der Waals surface area contributed by atoms with Gasteiger partial charge in [0, 0.05) is 12.0 Å². The van der Waals surface area contributed by atoms with Crippen molar-refractivity contribution < 1.29 is 4.43 Å². The van der Waals surface area contributed by atoms with Crippen LogP contribution in [0.3, 0.4) is 0 Å². The van der Waals surface area contributed by atoms with E-state index >= 15 is 0 Å². The quantitative estimate of drug-likeness (QED) is 0.451. The molecule has 0 aliphatic rings. The summed E-state index contributed by atoms with van der Waals surface area (Å²) < 4.78 is 5.31. The lowest BCUT2D eigenvalue weighted by Gasteiger charge is -2.32. The first-order valence-electron chi connectivity index (χ1n) is 4.43. The Morgan fingerprint density at radius 3 is 2.25 bits per heavy atom. The molecule has 0 aromatic rings. The van der Waals surface area contributed by atoms with E-state index in [1.165, 1.54) is 0 Å². The molecule has 0 heterocycles. The Labute approximate surface area is 79.1 Å². The van der Waals surface area contributed by atoms with Gasteiger partial charge in [0.05, 0.1) is 0 Å². The maximum Gasteiger partial charge on any atom is 0.146 e. The second-order valence-corrected chi connectivity index (χ2v) is 3.84. The van der Waals surface area contributed by atoms with Crippen molar-refractivity contribution in [2.45, 2.75) is 20.3 Å². The van der Waals surface area contributed by atoms with Crippen LogP contribution in [0, 0.1) is 11.3 Å². The van der Waals surface area contributed by atoms with Gasteiger partial charge in [0.25, 0.3) is 0 Å². The molecule has 1 atom stereocenters. The minimum Gasteiger partial charge on any atom is -0.427 e. The van der Waals surface area contributed by atoms with E-state index in [-0.39, 0.29) is 5.41 Å². The zero-order valence-electron chi connectivity index (χ0n) is 8.47. The van der Waals surface area contributed by atoms with Gasteiger partial charge >= 0.3 is 0 Å². The highest BCUT2D eigenvalue weighted by atomic mass is 28.2. The van der Waals surface area contributed by atoms with Crippen LogP contribution in [0.25, 0.3) is 0 Å². The molecule has 0 bridgehead atoms. The monoisotopic (exact) mass is 184 g/mol. The molecular weight excluding hydrogens is 164 g/mol. The molecule has 12 heavy (non-hydrogen) atoms. The fourth-order valence-corrected chi connectivity index (χ4v) is 1.88. The molecule has 0 fully saturated rings. The molecule has 0 amide bonds. The summed E-state index contributed by atoms with van der Waals surface area (Å²) in [4.78, 5) is 0. The molecule has 0 radical (unpaired) electrons. The van der Waals surface area contributed by atoms with Gasteiger partial charge in [-0.25, -0.2) is 0 Å². The van der Waals surface area contributed by atoms with E-state index in [1.807, 2.05) is 12.2 Å². The van der Waals surface area contributed by atoms with Crippen molar-refractivity contribution in [1.29, 1.82) is 0 Å². The first kappa shape index (κ1) is 11.7. The standard InChI is InChI=1S/C10H20OSi/c1-5-9(4)10(6-2,7-3)8-11-12/h6-7,9H,2-3,5,8H2,1,4,12H3. The van der Waals surface area contributed by atoms with Crippen molar-refractivity contribution in [3.63, 3.8) is 0 Å². The molecule has 1 unspecified atom stereocenters. The molecule has 0 aromatic heterocycles. The Bertz CT molecular complexity index is 146. The zero-order chi connectivity index (χ0) is 9.61. The fourth-order valence-electron chi connectivity index (χ4n) is 1.38. The topological polar surface area (TPSA) is 9.23 Å². The molecule has 0 saturated heterocycles. The van der Waals surface area contributed by atoms with Gasteiger partial charge in [-0.1, -0.05) is 32.4 Å². The van der Waals surface area contributed by atoms with Gasteiger partial charge in [-0.15, -0.1) is 13.2 Å². The normalized spacial score (nSPS) is 14.2. The van der Waals surface area contributed by atoms with Crippen LogP contribution in [-0.4, -0.2) is 17.1 Å². The van der Waals surface area contributed by atoms with E-state index < -0.39 is 0 Å². The molecule has 2 heteroatoms. The van der Waals surface area contributed by atoms with Crippen LogP contribution in [0.2, 0.25) is 0 Å². The summed E-state index contributed by atoms with van der Waals surface area (Å²) in [6.07, 6.45) is 5.06. The summed E-state index contributed by atoms with van der Waals surface area (Å²) in [5.74, 6) is 0.557. The van der Waals surface area contributed by atoms with Crippen molar-refractivity contribution >= 4 is 10.5 Å². The summed E-state index contributed by atoms with van der Waals surface area (Å²) in [6.45, 7) is 12.8. The minimum atomic E-state index is -0.0174. The summed E-state index contributed by atoms with van der Waals surface area (Å²) in [5, 5.41) is 0. The van der Waals surface area contributed by atoms with E-state index in [4.69, 9.17) is 4.43 Å². The highest BCUT2D eigenvalue weighted by Gasteiger charge is 2.28. The average molecular weight is 184 g/mol. The van der Waals surface area contributed by atoms with Gasteiger partial charge in [0.1, 0.15) is 10.5 Å². The van der Waals surface area contributed by atoms with E-state index in [9.17, 15) is 0 Å². The smallest absolute Gasteiger partial charge is 0.146 e. The van der Waals surface area contributed by atoms with Gasteiger partial charge < -0.3 is 4.43 Å². The fraction of sp³-hybridized carbons (Fsp3) is 0.600. The molecule has 1 nitrogen and oxygen atoms in total. The number of rotatable bonds is 6. The second-order valence-electron chi connectivity index (χ2n) is 3.26. The van der Waals surface area contributed by atoms with Crippen molar-refractivity contribution in [2.75, 3.05) is 6.61 Å². The van der Waals surface area contributed by atoms with Gasteiger partial charge in [-0.3, -0.25) is 0 Å². The predicted molar refractivity (Wildman–Crippen MR) is 58.2 cm³/mol. The molecule has 0 N–H and O–H groups in total. The van der Waals surface area contributed by atoms with Crippen LogP contribution in [0.1, 0.15) is 20.3 Å². The minimum absolute atomic E-state index is 0.0174. The predicted octanol–water partition coefficient (Wildman–Crippen LogP) is 1.69. The molecule has 70 valence electrons. The van der Waals surface area contributed by atoms with E-state index in [0.29, 0.717) is 5.92 Å². The van der Waals surface area contributed by atoms with Gasteiger partial charge in [0.2, 0.25) is 0 Å². The van der Waals surface area contributed by atoms with Crippen LogP contribution < -0.4 is 0 Å². The maximum absolute atomic E-state index is 5.31. The third-order valence-corrected chi connectivity index (χ3v) is 2.97. The van der Waals surface area contributed by atoms with Crippen molar-refractivity contribution in [2.24, 2.45) is 11.3 Å². The molecule has 0 aliphatic carbocycles. The number of hydrogen-bond donors (Lipinski definition) is 0. The largest absolute Gasteiger partial charge is 0.427 e. The average Bonchev–Trinajstić information content (AvgIpc) is 2.13. The van der Waals surface area contributed by atoms with Crippen molar-refractivity contribution in [3.05, 3.63) is 25.3 Å².